The van der Waals surface area contributed by atoms with Crippen LogP contribution in [0.5, 0.6) is 11.5 Å². The Morgan fingerprint density at radius 3 is 2.67 bits per heavy atom. The number of carboxylic acids is 1. The van der Waals surface area contributed by atoms with E-state index in [2.05, 4.69) is 26.2 Å². The van der Waals surface area contributed by atoms with E-state index in [9.17, 15) is 4.79 Å². The Morgan fingerprint density at radius 1 is 1.38 bits per heavy atom. The maximum Gasteiger partial charge on any atom is 0.358 e. The first kappa shape index (κ1) is 13.9. The molecule has 0 unspecified atom stereocenters. The summed E-state index contributed by atoms with van der Waals surface area (Å²) in [5, 5.41) is 16.5. The highest BCUT2D eigenvalue weighted by molar-refractivity contribution is 9.10. The summed E-state index contributed by atoms with van der Waals surface area (Å²) < 4.78 is 13.4. The third-order valence-electron chi connectivity index (χ3n) is 3.22. The summed E-state index contributed by atoms with van der Waals surface area (Å²) in [6.45, 7) is 3.11. The van der Waals surface area contributed by atoms with Crippen LogP contribution in [0.15, 0.2) is 16.6 Å². The quantitative estimate of drug-likeness (QED) is 0.906. The zero-order valence-electron chi connectivity index (χ0n) is 11.2. The van der Waals surface area contributed by atoms with Crippen molar-refractivity contribution in [2.45, 2.75) is 13.5 Å². The van der Waals surface area contributed by atoms with Crippen LogP contribution in [-0.4, -0.2) is 39.3 Å². The number of benzene rings is 1. The number of nitrogens with zero attached hydrogens (tertiary/aromatic N) is 3. The first-order chi connectivity index (χ1) is 10.1. The van der Waals surface area contributed by atoms with Gasteiger partial charge in [0.05, 0.1) is 12.2 Å². The van der Waals surface area contributed by atoms with Crippen LogP contribution in [0.3, 0.4) is 0 Å². The molecule has 7 nitrogen and oxygen atoms in total. The maximum absolute atomic E-state index is 11.0. The van der Waals surface area contributed by atoms with Crippen LogP contribution in [0.25, 0.3) is 0 Å². The molecule has 0 spiro atoms. The van der Waals surface area contributed by atoms with Gasteiger partial charge in [0.1, 0.15) is 13.2 Å². The standard InChI is InChI=1S/C13H12BrN3O4/c1-7-12(13(18)19)15-16-17(7)6-8-4-10-11(5-9(8)14)21-3-2-20-10/h4-5H,2-3,6H2,1H3,(H,18,19). The summed E-state index contributed by atoms with van der Waals surface area (Å²) in [5.41, 5.74) is 1.37. The number of carboxylic acid groups (broad SMARTS) is 1. The summed E-state index contributed by atoms with van der Waals surface area (Å²) >= 11 is 3.48. The lowest BCUT2D eigenvalue weighted by Gasteiger charge is -2.20. The molecule has 0 fully saturated rings. The minimum absolute atomic E-state index is 0.0383. The highest BCUT2D eigenvalue weighted by atomic mass is 79.9. The van der Waals surface area contributed by atoms with Crippen LogP contribution in [0.2, 0.25) is 0 Å². The average molecular weight is 354 g/mol. The number of aromatic nitrogens is 3. The second-order valence-corrected chi connectivity index (χ2v) is 5.43. The van der Waals surface area contributed by atoms with Crippen LogP contribution in [0, 0.1) is 6.92 Å². The number of hydrogen-bond acceptors (Lipinski definition) is 5. The van der Waals surface area contributed by atoms with Gasteiger partial charge in [0.2, 0.25) is 0 Å². The topological polar surface area (TPSA) is 86.5 Å². The van der Waals surface area contributed by atoms with Crippen molar-refractivity contribution >= 4 is 21.9 Å². The van der Waals surface area contributed by atoms with E-state index in [1.54, 1.807) is 11.6 Å². The molecule has 2 aromatic rings. The van der Waals surface area contributed by atoms with Gasteiger partial charge in [0, 0.05) is 4.47 Å². The molecular weight excluding hydrogens is 342 g/mol. The van der Waals surface area contributed by atoms with Crippen LogP contribution < -0.4 is 9.47 Å². The second-order valence-electron chi connectivity index (χ2n) is 4.57. The van der Waals surface area contributed by atoms with Gasteiger partial charge in [-0.25, -0.2) is 9.48 Å². The van der Waals surface area contributed by atoms with Gasteiger partial charge in [-0.15, -0.1) is 5.10 Å². The molecule has 0 saturated carbocycles. The van der Waals surface area contributed by atoms with Gasteiger partial charge in [-0.3, -0.25) is 0 Å². The highest BCUT2D eigenvalue weighted by Crippen LogP contribution is 2.35. The summed E-state index contributed by atoms with van der Waals surface area (Å²) in [6, 6.07) is 3.70. The summed E-state index contributed by atoms with van der Waals surface area (Å²) in [7, 11) is 0. The fourth-order valence-electron chi connectivity index (χ4n) is 2.10. The number of rotatable bonds is 3. The van der Waals surface area contributed by atoms with Crippen LogP contribution in [0.1, 0.15) is 21.7 Å². The van der Waals surface area contributed by atoms with Gasteiger partial charge in [-0.05, 0) is 24.6 Å². The third kappa shape index (κ3) is 2.58. The van der Waals surface area contributed by atoms with E-state index in [1.807, 2.05) is 12.1 Å². The molecule has 1 aromatic heterocycles. The molecule has 2 heterocycles. The van der Waals surface area contributed by atoms with E-state index in [0.29, 0.717) is 37.0 Å². The van der Waals surface area contributed by atoms with Crippen LogP contribution >= 0.6 is 15.9 Å². The van der Waals surface area contributed by atoms with Gasteiger partial charge in [-0.1, -0.05) is 21.1 Å². The van der Waals surface area contributed by atoms with Crippen molar-refractivity contribution in [3.05, 3.63) is 33.6 Å². The van der Waals surface area contributed by atoms with E-state index in [-0.39, 0.29) is 5.69 Å². The van der Waals surface area contributed by atoms with E-state index in [4.69, 9.17) is 14.6 Å². The monoisotopic (exact) mass is 353 g/mol. The Bertz CT molecular complexity index is 714. The first-order valence-corrected chi connectivity index (χ1v) is 7.07. The Hall–Kier alpha value is -2.09. The molecule has 1 aliphatic heterocycles. The van der Waals surface area contributed by atoms with Crippen molar-refractivity contribution in [1.82, 2.24) is 15.0 Å². The molecule has 0 aliphatic carbocycles. The zero-order valence-corrected chi connectivity index (χ0v) is 12.8. The summed E-state index contributed by atoms with van der Waals surface area (Å²) in [4.78, 5) is 11.0. The van der Waals surface area contributed by atoms with E-state index in [1.165, 1.54) is 0 Å². The number of carbonyl (C=O) groups is 1. The Balaban J connectivity index is 1.93. The zero-order chi connectivity index (χ0) is 15.0. The largest absolute Gasteiger partial charge is 0.486 e. The summed E-state index contributed by atoms with van der Waals surface area (Å²) in [6.07, 6.45) is 0. The smallest absolute Gasteiger partial charge is 0.358 e. The van der Waals surface area contributed by atoms with Crippen molar-refractivity contribution in [2.75, 3.05) is 13.2 Å². The predicted molar refractivity (Wildman–Crippen MR) is 76.0 cm³/mol. The maximum atomic E-state index is 11.0. The molecule has 0 bridgehead atoms. The molecule has 3 rings (SSSR count). The normalized spacial score (nSPS) is 13.2. The SMILES string of the molecule is Cc1c(C(=O)O)nnn1Cc1cc2c(cc1Br)OCCO2. The molecule has 110 valence electrons. The Labute approximate surface area is 128 Å². The number of hydrogen-bond donors (Lipinski definition) is 1. The number of fused-ring (bicyclic) bond motifs is 1. The number of ether oxygens (including phenoxy) is 2. The molecule has 1 N–H and O–H groups in total. The molecule has 8 heteroatoms. The van der Waals surface area contributed by atoms with Crippen molar-refractivity contribution < 1.29 is 19.4 Å². The van der Waals surface area contributed by atoms with Crippen molar-refractivity contribution in [3.63, 3.8) is 0 Å². The minimum atomic E-state index is -1.08. The van der Waals surface area contributed by atoms with Crippen molar-refractivity contribution in [1.29, 1.82) is 0 Å². The molecule has 21 heavy (non-hydrogen) atoms. The first-order valence-electron chi connectivity index (χ1n) is 6.27. The highest BCUT2D eigenvalue weighted by Gasteiger charge is 2.18. The molecule has 0 saturated heterocycles. The fourth-order valence-corrected chi connectivity index (χ4v) is 2.54. The van der Waals surface area contributed by atoms with Crippen LogP contribution in [0.4, 0.5) is 0 Å². The lowest BCUT2D eigenvalue weighted by molar-refractivity contribution is 0.0689. The van der Waals surface area contributed by atoms with Crippen molar-refractivity contribution in [2.24, 2.45) is 0 Å². The lowest BCUT2D eigenvalue weighted by Crippen LogP contribution is -2.16. The van der Waals surface area contributed by atoms with Gasteiger partial charge < -0.3 is 14.6 Å². The van der Waals surface area contributed by atoms with E-state index < -0.39 is 5.97 Å². The molecular formula is C13H12BrN3O4. The third-order valence-corrected chi connectivity index (χ3v) is 3.95. The molecule has 1 aliphatic rings. The summed E-state index contributed by atoms with van der Waals surface area (Å²) in [5.74, 6) is 0.286. The average Bonchev–Trinajstić information content (AvgIpc) is 2.81. The molecule has 0 atom stereocenters. The molecule has 0 amide bonds. The van der Waals surface area contributed by atoms with Gasteiger partial charge in [-0.2, -0.15) is 0 Å². The molecule has 0 radical (unpaired) electrons. The van der Waals surface area contributed by atoms with E-state index in [0.717, 1.165) is 10.0 Å². The Kier molecular flexibility index (Phi) is 3.54. The minimum Gasteiger partial charge on any atom is -0.486 e. The predicted octanol–water partition coefficient (Wildman–Crippen LogP) is 1.87. The van der Waals surface area contributed by atoms with Gasteiger partial charge >= 0.3 is 5.97 Å². The van der Waals surface area contributed by atoms with Crippen LogP contribution in [-0.2, 0) is 6.54 Å². The fraction of sp³-hybridized carbons (Fsp3) is 0.308. The number of aromatic carboxylic acids is 1. The lowest BCUT2D eigenvalue weighted by atomic mass is 10.2. The molecule has 1 aromatic carbocycles. The van der Waals surface area contributed by atoms with Crippen molar-refractivity contribution in [3.8, 4) is 11.5 Å². The van der Waals surface area contributed by atoms with E-state index >= 15 is 0 Å². The number of halogens is 1. The van der Waals surface area contributed by atoms with Gasteiger partial charge in [0.25, 0.3) is 0 Å². The second kappa shape index (κ2) is 5.36. The van der Waals surface area contributed by atoms with Gasteiger partial charge in [0.15, 0.2) is 17.2 Å². The Morgan fingerprint density at radius 2 is 2.05 bits per heavy atom.